The number of para-hydroxylation sites is 1. The van der Waals surface area contributed by atoms with Gasteiger partial charge < -0.3 is 0 Å². The van der Waals surface area contributed by atoms with Crippen LogP contribution < -0.4 is 4.67 Å². The van der Waals surface area contributed by atoms with Gasteiger partial charge in [-0.3, -0.25) is 0 Å². The van der Waals surface area contributed by atoms with Crippen molar-refractivity contribution in [2.45, 2.75) is 6.92 Å². The van der Waals surface area contributed by atoms with Gasteiger partial charge in [-0.15, -0.1) is 0 Å². The smallest absolute Gasteiger partial charge is 0.147 e. The molecule has 1 aromatic heterocycles. The summed E-state index contributed by atoms with van der Waals surface area (Å²) in [6, 6.07) is 7.92. The minimum absolute atomic E-state index is 0.551. The van der Waals surface area contributed by atoms with E-state index in [-0.39, 0.29) is 0 Å². The van der Waals surface area contributed by atoms with Gasteiger partial charge in [-0.1, -0.05) is 62.1 Å². The molecular formula is C10H7Cl2NS2. The summed E-state index contributed by atoms with van der Waals surface area (Å²) in [5.74, 6) is 0. The van der Waals surface area contributed by atoms with Gasteiger partial charge in [0.15, 0.2) is 0 Å². The van der Waals surface area contributed by atoms with Gasteiger partial charge in [0.2, 0.25) is 0 Å². The predicted molar refractivity (Wildman–Crippen MR) is 68.6 cm³/mol. The van der Waals surface area contributed by atoms with Crippen LogP contribution in [0.15, 0.2) is 29.3 Å². The first-order chi connectivity index (χ1) is 7.18. The largest absolute Gasteiger partial charge is 0.235 e. The van der Waals surface area contributed by atoms with Gasteiger partial charge in [-0.25, -0.2) is 4.99 Å². The number of hydrogen-bond donors (Lipinski definition) is 0. The van der Waals surface area contributed by atoms with Crippen molar-refractivity contribution in [3.8, 4) is 0 Å². The molecule has 0 atom stereocenters. The fourth-order valence-electron chi connectivity index (χ4n) is 1.10. The van der Waals surface area contributed by atoms with Crippen LogP contribution in [-0.4, -0.2) is 0 Å². The maximum absolute atomic E-state index is 6.01. The topological polar surface area (TPSA) is 12.4 Å². The summed E-state index contributed by atoms with van der Waals surface area (Å²) < 4.78 is 1.38. The fraction of sp³-hybridized carbons (Fsp3) is 0.100. The van der Waals surface area contributed by atoms with Crippen molar-refractivity contribution >= 4 is 49.6 Å². The summed E-state index contributed by atoms with van der Waals surface area (Å²) in [4.78, 5) is 4.47. The molecule has 1 nitrogen and oxygen atoms in total. The lowest BCUT2D eigenvalue weighted by molar-refractivity contribution is 1.34. The predicted octanol–water partition coefficient (Wildman–Crippen LogP) is 4.66. The lowest BCUT2D eigenvalue weighted by Crippen LogP contribution is -1.92. The molecular weight excluding hydrogens is 269 g/mol. The molecule has 0 saturated carbocycles. The van der Waals surface area contributed by atoms with E-state index in [2.05, 4.69) is 4.99 Å². The van der Waals surface area contributed by atoms with Gasteiger partial charge in [0.25, 0.3) is 0 Å². The molecule has 78 valence electrons. The highest BCUT2D eigenvalue weighted by atomic mass is 35.5. The van der Waals surface area contributed by atoms with Gasteiger partial charge in [-0.05, 0) is 18.6 Å². The zero-order valence-corrected chi connectivity index (χ0v) is 11.0. The molecule has 2 aromatic rings. The SMILES string of the molecule is Cc1ccccc1N=c1ssc(Cl)c1Cl. The summed E-state index contributed by atoms with van der Waals surface area (Å²) in [6.07, 6.45) is 0. The third kappa shape index (κ3) is 2.42. The Morgan fingerprint density at radius 1 is 1.13 bits per heavy atom. The van der Waals surface area contributed by atoms with E-state index in [9.17, 15) is 0 Å². The molecule has 0 aliphatic carbocycles. The number of hydrogen-bond acceptors (Lipinski definition) is 3. The summed E-state index contributed by atoms with van der Waals surface area (Å²) in [5.41, 5.74) is 2.06. The highest BCUT2D eigenvalue weighted by Gasteiger charge is 2.04. The molecule has 0 aliphatic rings. The minimum atomic E-state index is 0.551. The second-order valence-electron chi connectivity index (χ2n) is 2.96. The minimum Gasteiger partial charge on any atom is -0.235 e. The molecule has 0 spiro atoms. The van der Waals surface area contributed by atoms with Crippen LogP contribution in [0.25, 0.3) is 0 Å². The van der Waals surface area contributed by atoms with Crippen molar-refractivity contribution in [2.24, 2.45) is 4.99 Å². The van der Waals surface area contributed by atoms with E-state index in [0.717, 1.165) is 15.9 Å². The van der Waals surface area contributed by atoms with Gasteiger partial charge in [0, 0.05) is 0 Å². The maximum Gasteiger partial charge on any atom is 0.147 e. The Hall–Kier alpha value is -0.350. The Labute approximate surface area is 105 Å². The van der Waals surface area contributed by atoms with Crippen molar-refractivity contribution in [3.63, 3.8) is 0 Å². The standard InChI is InChI=1S/C10H7Cl2NS2/c1-6-4-2-3-5-7(6)13-10-8(11)9(12)14-15-10/h2-5H,1H3. The van der Waals surface area contributed by atoms with Crippen molar-refractivity contribution in [1.82, 2.24) is 0 Å². The Balaban J connectivity index is 2.56. The van der Waals surface area contributed by atoms with E-state index in [1.165, 1.54) is 20.7 Å². The highest BCUT2D eigenvalue weighted by molar-refractivity contribution is 7.69. The van der Waals surface area contributed by atoms with Gasteiger partial charge >= 0.3 is 0 Å². The fourth-order valence-corrected chi connectivity index (χ4v) is 3.84. The molecule has 1 aromatic carbocycles. The summed E-state index contributed by atoms with van der Waals surface area (Å²) >= 11 is 11.9. The third-order valence-corrected chi connectivity index (χ3v) is 5.39. The summed E-state index contributed by atoms with van der Waals surface area (Å²) in [7, 11) is 2.93. The molecule has 0 N–H and O–H groups in total. The van der Waals surface area contributed by atoms with Crippen molar-refractivity contribution in [2.75, 3.05) is 0 Å². The first kappa shape index (κ1) is 11.1. The number of rotatable bonds is 1. The van der Waals surface area contributed by atoms with Crippen LogP contribution in [0.4, 0.5) is 5.69 Å². The van der Waals surface area contributed by atoms with Crippen LogP contribution >= 0.6 is 43.9 Å². The summed E-state index contributed by atoms with van der Waals surface area (Å²) in [6.45, 7) is 2.02. The Kier molecular flexibility index (Phi) is 3.46. The van der Waals surface area contributed by atoms with E-state index in [1.54, 1.807) is 0 Å². The van der Waals surface area contributed by atoms with Crippen molar-refractivity contribution < 1.29 is 0 Å². The Morgan fingerprint density at radius 3 is 2.47 bits per heavy atom. The first-order valence-corrected chi connectivity index (χ1v) is 7.13. The lowest BCUT2D eigenvalue weighted by Gasteiger charge is -1.96. The summed E-state index contributed by atoms with van der Waals surface area (Å²) in [5, 5.41) is 0.551. The monoisotopic (exact) mass is 275 g/mol. The lowest BCUT2D eigenvalue weighted by atomic mass is 10.2. The van der Waals surface area contributed by atoms with Crippen LogP contribution in [0.3, 0.4) is 0 Å². The van der Waals surface area contributed by atoms with E-state index < -0.39 is 0 Å². The number of aryl methyl sites for hydroxylation is 1. The van der Waals surface area contributed by atoms with E-state index in [0.29, 0.717) is 9.36 Å². The maximum atomic E-state index is 6.01. The molecule has 0 unspecified atom stereocenters. The molecule has 2 rings (SSSR count). The number of benzene rings is 1. The molecule has 15 heavy (non-hydrogen) atoms. The second-order valence-corrected chi connectivity index (χ2v) is 6.07. The molecule has 5 heteroatoms. The van der Waals surface area contributed by atoms with Gasteiger partial charge in [0.05, 0.1) is 5.69 Å². The quantitative estimate of drug-likeness (QED) is 0.672. The molecule has 0 bridgehead atoms. The highest BCUT2D eigenvalue weighted by Crippen LogP contribution is 2.27. The van der Waals surface area contributed by atoms with Crippen LogP contribution in [0.2, 0.25) is 9.36 Å². The first-order valence-electron chi connectivity index (χ1n) is 4.23. The molecule has 1 heterocycles. The molecule has 0 aliphatic heterocycles. The van der Waals surface area contributed by atoms with Gasteiger partial charge in [0.1, 0.15) is 14.0 Å². The Morgan fingerprint density at radius 2 is 1.87 bits per heavy atom. The van der Waals surface area contributed by atoms with E-state index >= 15 is 0 Å². The molecule has 0 saturated heterocycles. The van der Waals surface area contributed by atoms with Gasteiger partial charge in [-0.2, -0.15) is 0 Å². The van der Waals surface area contributed by atoms with E-state index in [4.69, 9.17) is 23.2 Å². The average molecular weight is 276 g/mol. The molecule has 0 amide bonds. The van der Waals surface area contributed by atoms with E-state index in [1.807, 2.05) is 31.2 Å². The average Bonchev–Trinajstić information content (AvgIpc) is 2.53. The third-order valence-electron chi connectivity index (χ3n) is 1.89. The normalized spacial score (nSPS) is 12.1. The van der Waals surface area contributed by atoms with Crippen LogP contribution in [-0.2, 0) is 0 Å². The number of halogens is 2. The molecule has 0 fully saturated rings. The second kappa shape index (κ2) is 4.66. The van der Waals surface area contributed by atoms with Crippen LogP contribution in [0, 0.1) is 6.92 Å². The van der Waals surface area contributed by atoms with Crippen LogP contribution in [0.5, 0.6) is 0 Å². The van der Waals surface area contributed by atoms with Crippen molar-refractivity contribution in [1.29, 1.82) is 0 Å². The Bertz CT molecular complexity index is 542. The van der Waals surface area contributed by atoms with Crippen molar-refractivity contribution in [3.05, 3.63) is 43.9 Å². The zero-order chi connectivity index (χ0) is 10.8. The molecule has 0 radical (unpaired) electrons. The number of nitrogens with zero attached hydrogens (tertiary/aromatic N) is 1. The van der Waals surface area contributed by atoms with Crippen LogP contribution in [0.1, 0.15) is 5.56 Å². The zero-order valence-electron chi connectivity index (χ0n) is 7.83.